The van der Waals surface area contributed by atoms with Crippen LogP contribution in [0.2, 0.25) is 0 Å². The lowest BCUT2D eigenvalue weighted by Gasteiger charge is -2.17. The fourth-order valence-corrected chi connectivity index (χ4v) is 7.26. The molecule has 3 aromatic carbocycles. The van der Waals surface area contributed by atoms with Crippen LogP contribution >= 0.6 is 11.3 Å². The minimum Gasteiger partial charge on any atom is -0.494 e. The van der Waals surface area contributed by atoms with Gasteiger partial charge >= 0.3 is 5.97 Å². The number of carboxylic acids is 1. The van der Waals surface area contributed by atoms with Crippen LogP contribution in [-0.2, 0) is 21.2 Å². The number of sulfone groups is 1. The van der Waals surface area contributed by atoms with Crippen molar-refractivity contribution in [2.24, 2.45) is 5.92 Å². The molecule has 1 aromatic heterocycles. The number of aromatic nitrogens is 1. The smallest absolute Gasteiger partial charge is 0.320 e. The first-order chi connectivity index (χ1) is 21.5. The molecule has 0 fully saturated rings. The highest BCUT2D eigenvalue weighted by molar-refractivity contribution is 7.91. The predicted octanol–water partition coefficient (Wildman–Crippen LogP) is 4.61. The number of aliphatic carboxylic acids is 1. The third-order valence-electron chi connectivity index (χ3n) is 7.17. The zero-order chi connectivity index (χ0) is 32.1. The van der Waals surface area contributed by atoms with Gasteiger partial charge in [-0.3, -0.25) is 14.4 Å². The fourth-order valence-electron chi connectivity index (χ4n) is 4.81. The van der Waals surface area contributed by atoms with Gasteiger partial charge in [-0.15, -0.1) is 11.3 Å². The van der Waals surface area contributed by atoms with Gasteiger partial charge in [0, 0.05) is 22.2 Å². The molecule has 45 heavy (non-hydrogen) atoms. The number of hydrogen-bond donors (Lipinski definition) is 4. The number of carbonyl (C=O) groups is 3. The van der Waals surface area contributed by atoms with Crippen molar-refractivity contribution in [3.05, 3.63) is 88.9 Å². The van der Waals surface area contributed by atoms with Crippen molar-refractivity contribution in [3.8, 4) is 16.3 Å². The molecule has 11 nitrogen and oxygen atoms in total. The van der Waals surface area contributed by atoms with Crippen molar-refractivity contribution in [1.82, 2.24) is 15.6 Å². The molecular weight excluding hydrogens is 617 g/mol. The van der Waals surface area contributed by atoms with Gasteiger partial charge in [0.1, 0.15) is 16.8 Å². The second-order valence-electron chi connectivity index (χ2n) is 10.7. The lowest BCUT2D eigenvalue weighted by Crippen LogP contribution is -2.41. The predicted molar refractivity (Wildman–Crippen MR) is 169 cm³/mol. The molecule has 0 bridgehead atoms. The van der Waals surface area contributed by atoms with Crippen LogP contribution in [0.15, 0.2) is 82.7 Å². The first-order valence-electron chi connectivity index (χ1n) is 14.3. The molecule has 4 aromatic rings. The summed E-state index contributed by atoms with van der Waals surface area (Å²) >= 11 is 1.42. The van der Waals surface area contributed by atoms with Gasteiger partial charge in [-0.2, -0.15) is 0 Å². The van der Waals surface area contributed by atoms with Crippen LogP contribution in [0.4, 0.5) is 5.69 Å². The molecule has 0 radical (unpaired) electrons. The molecule has 0 saturated carbocycles. The van der Waals surface area contributed by atoms with Crippen molar-refractivity contribution in [2.45, 2.75) is 42.6 Å². The Morgan fingerprint density at radius 2 is 1.80 bits per heavy atom. The maximum atomic E-state index is 13.2. The van der Waals surface area contributed by atoms with E-state index in [1.165, 1.54) is 41.7 Å². The van der Waals surface area contributed by atoms with Gasteiger partial charge in [0.2, 0.25) is 9.84 Å². The maximum absolute atomic E-state index is 13.2. The number of rotatable bonds is 12. The van der Waals surface area contributed by atoms with E-state index in [0.29, 0.717) is 25.3 Å². The second-order valence-corrected chi connectivity index (χ2v) is 13.7. The lowest BCUT2D eigenvalue weighted by molar-refractivity contribution is -0.140. The van der Waals surface area contributed by atoms with Crippen molar-refractivity contribution < 1.29 is 32.6 Å². The summed E-state index contributed by atoms with van der Waals surface area (Å²) < 4.78 is 32.2. The summed E-state index contributed by atoms with van der Waals surface area (Å²) in [6.07, 6.45) is 2.34. The molecule has 1 unspecified atom stereocenters. The topological polar surface area (TPSA) is 164 Å². The molecule has 2 amide bonds. The summed E-state index contributed by atoms with van der Waals surface area (Å²) in [5.74, 6) is -1.17. The molecular formula is C32H32N4O7S2. The summed E-state index contributed by atoms with van der Waals surface area (Å²) in [7, 11) is -3.96. The Morgan fingerprint density at radius 1 is 1.04 bits per heavy atom. The standard InChI is InChI=1S/C32H32N4O7S2/c1-19(2)28(32(39)40)33-14-5-15-43-22-11-8-20(9-12-22)31-35-18-23(44-31)17-34-29(37)21-10-13-27-25(16-21)36-30(38)24-6-3-4-7-26(24)45(27,41)42/h3-4,6-13,16,18-19,28,33H,5,14-15,17H2,1-2H3,(H,34,37)(H,36,38)(H,39,40). The molecule has 5 rings (SSSR count). The van der Waals surface area contributed by atoms with Crippen LogP contribution in [0.1, 0.15) is 45.9 Å². The van der Waals surface area contributed by atoms with Gasteiger partial charge in [-0.05, 0) is 73.5 Å². The average Bonchev–Trinajstić information content (AvgIpc) is 3.47. The minimum atomic E-state index is -3.96. The summed E-state index contributed by atoms with van der Waals surface area (Å²) in [5, 5.41) is 18.5. The van der Waals surface area contributed by atoms with Gasteiger partial charge in [-0.1, -0.05) is 26.0 Å². The molecule has 4 N–H and O–H groups in total. The Kier molecular flexibility index (Phi) is 9.61. The molecule has 2 heterocycles. The van der Waals surface area contributed by atoms with Crippen LogP contribution in [-0.4, -0.2) is 55.5 Å². The van der Waals surface area contributed by atoms with Crippen LogP contribution < -0.4 is 20.7 Å². The number of fused-ring (bicyclic) bond motifs is 2. The SMILES string of the molecule is CC(C)C(NCCCOc1ccc(-c2ncc(CNC(=O)c3ccc4c(c3)NC(=O)c3ccccc3S4(=O)=O)s2)cc1)C(=O)O. The van der Waals surface area contributed by atoms with Gasteiger partial charge in [0.15, 0.2) is 0 Å². The number of hydrogen-bond acceptors (Lipinski definition) is 9. The number of carbonyl (C=O) groups excluding carboxylic acids is 2. The van der Waals surface area contributed by atoms with E-state index in [9.17, 15) is 27.9 Å². The summed E-state index contributed by atoms with van der Waals surface area (Å²) in [4.78, 5) is 42.1. The molecule has 0 spiro atoms. The first kappa shape index (κ1) is 31.8. The largest absolute Gasteiger partial charge is 0.494 e. The molecule has 1 aliphatic heterocycles. The molecule has 13 heteroatoms. The number of nitrogens with one attached hydrogen (secondary N) is 3. The van der Waals surface area contributed by atoms with Crippen LogP contribution in [0.25, 0.3) is 10.6 Å². The van der Waals surface area contributed by atoms with E-state index < -0.39 is 33.7 Å². The monoisotopic (exact) mass is 648 g/mol. The number of anilines is 1. The minimum absolute atomic E-state index is 0.00866. The molecule has 0 aliphatic carbocycles. The van der Waals surface area contributed by atoms with Gasteiger partial charge < -0.3 is 25.8 Å². The molecule has 1 aliphatic rings. The van der Waals surface area contributed by atoms with Gasteiger partial charge in [0.05, 0.1) is 34.2 Å². The fraction of sp³-hybridized carbons (Fsp3) is 0.250. The number of thiazole rings is 1. The number of benzene rings is 3. The third-order valence-corrected chi connectivity index (χ3v) is 10.1. The number of nitrogens with zero attached hydrogens (tertiary/aromatic N) is 1. The third kappa shape index (κ3) is 7.22. The Balaban J connectivity index is 1.15. The van der Waals surface area contributed by atoms with Gasteiger partial charge in [0.25, 0.3) is 11.8 Å². The highest BCUT2D eigenvalue weighted by Crippen LogP contribution is 2.34. The highest BCUT2D eigenvalue weighted by Gasteiger charge is 2.31. The van der Waals surface area contributed by atoms with Crippen molar-refractivity contribution >= 4 is 44.6 Å². The zero-order valence-electron chi connectivity index (χ0n) is 24.6. The number of carboxylic acid groups (broad SMARTS) is 1. The van der Waals surface area contributed by atoms with Crippen molar-refractivity contribution in [3.63, 3.8) is 0 Å². The Morgan fingerprint density at radius 3 is 2.53 bits per heavy atom. The maximum Gasteiger partial charge on any atom is 0.320 e. The Bertz CT molecular complexity index is 1840. The quantitative estimate of drug-likeness (QED) is 0.161. The van der Waals surface area contributed by atoms with Crippen LogP contribution in [0.5, 0.6) is 5.75 Å². The zero-order valence-corrected chi connectivity index (χ0v) is 26.2. The second kappa shape index (κ2) is 13.6. The van der Waals surface area contributed by atoms with Crippen LogP contribution in [0, 0.1) is 5.92 Å². The van der Waals surface area contributed by atoms with Gasteiger partial charge in [-0.25, -0.2) is 13.4 Å². The van der Waals surface area contributed by atoms with E-state index >= 15 is 0 Å². The number of ether oxygens (including phenoxy) is 1. The molecule has 1 atom stereocenters. The summed E-state index contributed by atoms with van der Waals surface area (Å²) in [6, 6.07) is 17.0. The molecule has 0 saturated heterocycles. The van der Waals surface area contributed by atoms with Crippen molar-refractivity contribution in [1.29, 1.82) is 0 Å². The summed E-state index contributed by atoms with van der Waals surface area (Å²) in [5.41, 5.74) is 1.18. The van der Waals surface area contributed by atoms with E-state index in [1.54, 1.807) is 18.3 Å². The molecule has 234 valence electrons. The number of amides is 2. The van der Waals surface area contributed by atoms with E-state index in [4.69, 9.17) is 4.74 Å². The van der Waals surface area contributed by atoms with Crippen LogP contribution in [0.3, 0.4) is 0 Å². The normalized spacial score (nSPS) is 14.1. The average molecular weight is 649 g/mol. The Labute approximate surface area is 264 Å². The summed E-state index contributed by atoms with van der Waals surface area (Å²) in [6.45, 7) is 4.91. The van der Waals surface area contributed by atoms with E-state index in [0.717, 1.165) is 15.4 Å². The van der Waals surface area contributed by atoms with E-state index in [-0.39, 0.29) is 39.1 Å². The lowest BCUT2D eigenvalue weighted by atomic mass is 10.0. The first-order valence-corrected chi connectivity index (χ1v) is 16.6. The van der Waals surface area contributed by atoms with E-state index in [2.05, 4.69) is 20.9 Å². The highest BCUT2D eigenvalue weighted by atomic mass is 32.2. The van der Waals surface area contributed by atoms with E-state index in [1.807, 2.05) is 38.1 Å². The van der Waals surface area contributed by atoms with Crippen molar-refractivity contribution in [2.75, 3.05) is 18.5 Å². The Hall–Kier alpha value is -4.59.